The second-order valence-corrected chi connectivity index (χ2v) is 6.56. The number of anilines is 1. The lowest BCUT2D eigenvalue weighted by Gasteiger charge is -2.24. The zero-order chi connectivity index (χ0) is 18.1. The molecule has 26 heavy (non-hydrogen) atoms. The van der Waals surface area contributed by atoms with Crippen molar-refractivity contribution in [3.8, 4) is 0 Å². The maximum Gasteiger partial charge on any atom is 0.406 e. The first-order valence-electron chi connectivity index (χ1n) is 8.64. The van der Waals surface area contributed by atoms with Gasteiger partial charge in [0.05, 0.1) is 18.8 Å². The van der Waals surface area contributed by atoms with Crippen molar-refractivity contribution in [3.63, 3.8) is 0 Å². The molecule has 0 saturated carbocycles. The molecule has 1 atom stereocenters. The highest BCUT2D eigenvalue weighted by Gasteiger charge is 2.28. The quantitative estimate of drug-likeness (QED) is 0.563. The van der Waals surface area contributed by atoms with Crippen molar-refractivity contribution in [2.75, 3.05) is 5.32 Å². The Bertz CT molecular complexity index is 931. The monoisotopic (exact) mass is 352 g/mol. The van der Waals surface area contributed by atoms with Gasteiger partial charge in [-0.05, 0) is 34.7 Å². The van der Waals surface area contributed by atoms with Crippen molar-refractivity contribution in [3.05, 3.63) is 69.8 Å². The molecule has 1 aliphatic carbocycles. The summed E-state index contributed by atoms with van der Waals surface area (Å²) in [7, 11) is 1.75. The summed E-state index contributed by atoms with van der Waals surface area (Å²) in [6, 6.07) is 10.2. The van der Waals surface area contributed by atoms with Crippen LogP contribution in [0, 0.1) is 10.1 Å². The Morgan fingerprint density at radius 1 is 1.35 bits per heavy atom. The maximum atomic E-state index is 11.2. The molecule has 0 saturated heterocycles. The minimum Gasteiger partial charge on any atom is -0.358 e. The Kier molecular flexibility index (Phi) is 4.16. The molecule has 8 nitrogen and oxygen atoms in total. The molecule has 0 fully saturated rings. The molecule has 0 bridgehead atoms. The van der Waals surface area contributed by atoms with Crippen LogP contribution in [0.5, 0.6) is 0 Å². The molecule has 1 aliphatic rings. The van der Waals surface area contributed by atoms with Crippen LogP contribution in [0.1, 0.15) is 35.7 Å². The van der Waals surface area contributed by atoms with Crippen LogP contribution in [-0.4, -0.2) is 24.3 Å². The van der Waals surface area contributed by atoms with E-state index >= 15 is 0 Å². The number of rotatable bonds is 5. The van der Waals surface area contributed by atoms with Gasteiger partial charge in [-0.15, -0.1) is 0 Å². The summed E-state index contributed by atoms with van der Waals surface area (Å²) in [6.07, 6.45) is 6.23. The lowest BCUT2D eigenvalue weighted by atomic mass is 9.93. The second-order valence-electron chi connectivity index (χ2n) is 6.56. The van der Waals surface area contributed by atoms with E-state index in [2.05, 4.69) is 27.5 Å². The van der Waals surface area contributed by atoms with Gasteiger partial charge in [0.2, 0.25) is 12.1 Å². The average Bonchev–Trinajstić information content (AvgIpc) is 3.21. The van der Waals surface area contributed by atoms with Crippen LogP contribution in [0.3, 0.4) is 0 Å². The lowest BCUT2D eigenvalue weighted by Crippen LogP contribution is -2.20. The topological polar surface area (TPSA) is 90.8 Å². The largest absolute Gasteiger partial charge is 0.406 e. The van der Waals surface area contributed by atoms with Gasteiger partial charge in [-0.2, -0.15) is 5.10 Å². The van der Waals surface area contributed by atoms with Crippen molar-refractivity contribution in [2.24, 2.45) is 7.05 Å². The number of hydrogen-bond donors (Lipinski definition) is 1. The van der Waals surface area contributed by atoms with Gasteiger partial charge in [-0.25, -0.2) is 0 Å². The number of imidazole rings is 1. The zero-order valence-corrected chi connectivity index (χ0v) is 14.5. The fourth-order valence-corrected chi connectivity index (χ4v) is 3.54. The highest BCUT2D eigenvalue weighted by Crippen LogP contribution is 2.34. The fraction of sp³-hybridized carbons (Fsp3) is 0.333. The van der Waals surface area contributed by atoms with Crippen LogP contribution >= 0.6 is 0 Å². The predicted octanol–water partition coefficient (Wildman–Crippen LogP) is 3.06. The van der Waals surface area contributed by atoms with Crippen molar-refractivity contribution < 1.29 is 4.92 Å². The number of nitro groups is 1. The highest BCUT2D eigenvalue weighted by molar-refractivity contribution is 5.54. The van der Waals surface area contributed by atoms with Gasteiger partial charge in [0, 0.05) is 18.3 Å². The summed E-state index contributed by atoms with van der Waals surface area (Å²) in [5.41, 5.74) is 3.51. The molecule has 0 unspecified atom stereocenters. The van der Waals surface area contributed by atoms with E-state index in [1.165, 1.54) is 17.6 Å². The summed E-state index contributed by atoms with van der Waals surface area (Å²) >= 11 is 0. The smallest absolute Gasteiger partial charge is 0.358 e. The normalized spacial score (nSPS) is 16.3. The number of aromatic nitrogens is 4. The summed E-state index contributed by atoms with van der Waals surface area (Å²) < 4.78 is 3.69. The van der Waals surface area contributed by atoms with E-state index in [-0.39, 0.29) is 11.9 Å². The van der Waals surface area contributed by atoms with Gasteiger partial charge in [0.1, 0.15) is 0 Å². The Morgan fingerprint density at radius 2 is 2.15 bits per heavy atom. The number of benzene rings is 1. The molecule has 4 rings (SSSR count). The van der Waals surface area contributed by atoms with Crippen LogP contribution in [0.2, 0.25) is 0 Å². The van der Waals surface area contributed by atoms with Crippen molar-refractivity contribution in [2.45, 2.75) is 31.8 Å². The molecule has 1 N–H and O–H groups in total. The van der Waals surface area contributed by atoms with Crippen molar-refractivity contribution in [1.82, 2.24) is 19.3 Å². The van der Waals surface area contributed by atoms with E-state index in [4.69, 9.17) is 0 Å². The summed E-state index contributed by atoms with van der Waals surface area (Å²) in [4.78, 5) is 14.6. The van der Waals surface area contributed by atoms with Crippen LogP contribution in [-0.2, 0) is 20.0 Å². The van der Waals surface area contributed by atoms with Crippen molar-refractivity contribution in [1.29, 1.82) is 0 Å². The van der Waals surface area contributed by atoms with E-state index < -0.39 is 4.92 Å². The maximum absolute atomic E-state index is 11.2. The van der Waals surface area contributed by atoms with Crippen LogP contribution in [0.4, 0.5) is 11.6 Å². The van der Waals surface area contributed by atoms with Gasteiger partial charge in [0.15, 0.2) is 0 Å². The number of fused-ring (bicyclic) bond motifs is 1. The van der Waals surface area contributed by atoms with E-state index in [1.54, 1.807) is 11.6 Å². The molecule has 0 aliphatic heterocycles. The minimum atomic E-state index is -0.453. The number of hydrogen-bond acceptors (Lipinski definition) is 5. The Hall–Kier alpha value is -3.16. The third-order valence-electron chi connectivity index (χ3n) is 4.84. The van der Waals surface area contributed by atoms with E-state index in [0.717, 1.165) is 31.4 Å². The van der Waals surface area contributed by atoms with Crippen molar-refractivity contribution >= 4 is 11.6 Å². The fourth-order valence-electron chi connectivity index (χ4n) is 3.54. The molecular weight excluding hydrogens is 332 g/mol. The van der Waals surface area contributed by atoms with Gasteiger partial charge in [-0.3, -0.25) is 9.25 Å². The number of nitrogens with one attached hydrogen (secondary N) is 1. The van der Waals surface area contributed by atoms with E-state index in [9.17, 15) is 10.1 Å². The Labute approximate surface area is 150 Å². The third kappa shape index (κ3) is 2.94. The third-order valence-corrected chi connectivity index (χ3v) is 4.84. The summed E-state index contributed by atoms with van der Waals surface area (Å²) in [6.45, 7) is 0.731. The number of nitrogens with zero attached hydrogens (tertiary/aromatic N) is 5. The molecule has 134 valence electrons. The predicted molar refractivity (Wildman–Crippen MR) is 96.9 cm³/mol. The Morgan fingerprint density at radius 3 is 2.92 bits per heavy atom. The molecule has 2 heterocycles. The molecule has 8 heteroatoms. The summed E-state index contributed by atoms with van der Waals surface area (Å²) in [5, 5.41) is 19.1. The molecule has 0 radical (unpaired) electrons. The second kappa shape index (κ2) is 6.62. The SMILES string of the molecule is Cn1cnc([N+](=O)[O-])c1N[C@@H]1CCCc2c1cnn2Cc1ccccc1. The Balaban J connectivity index is 1.61. The summed E-state index contributed by atoms with van der Waals surface area (Å²) in [5.74, 6) is 0.292. The molecular formula is C18H20N6O2. The standard InChI is InChI=1S/C18H20N6O2/c1-22-12-19-17(24(25)26)18(22)21-15-8-5-9-16-14(15)10-20-23(16)11-13-6-3-2-4-7-13/h2-4,6-7,10,12,15,21H,5,8-9,11H2,1H3/t15-/m1/s1. The highest BCUT2D eigenvalue weighted by atomic mass is 16.6. The van der Waals surface area contributed by atoms with Crippen LogP contribution < -0.4 is 5.32 Å². The van der Waals surface area contributed by atoms with Gasteiger partial charge in [-0.1, -0.05) is 30.3 Å². The van der Waals surface area contributed by atoms with Gasteiger partial charge in [0.25, 0.3) is 0 Å². The van der Waals surface area contributed by atoms with Gasteiger partial charge < -0.3 is 15.4 Å². The molecule has 2 aromatic heterocycles. The minimum absolute atomic E-state index is 0.00243. The lowest BCUT2D eigenvalue weighted by molar-refractivity contribution is -0.388. The zero-order valence-electron chi connectivity index (χ0n) is 14.5. The van der Waals surface area contributed by atoms with Gasteiger partial charge >= 0.3 is 5.82 Å². The average molecular weight is 352 g/mol. The van der Waals surface area contributed by atoms with Crippen LogP contribution in [0.25, 0.3) is 0 Å². The van der Waals surface area contributed by atoms with E-state index in [0.29, 0.717) is 5.82 Å². The molecule has 0 amide bonds. The van der Waals surface area contributed by atoms with Crippen LogP contribution in [0.15, 0.2) is 42.9 Å². The first kappa shape index (κ1) is 16.3. The molecule has 1 aromatic carbocycles. The molecule has 3 aromatic rings. The number of aryl methyl sites for hydroxylation is 1. The first-order chi connectivity index (χ1) is 12.6. The van der Waals surface area contributed by atoms with E-state index in [1.807, 2.05) is 29.1 Å². The first-order valence-corrected chi connectivity index (χ1v) is 8.64. The molecule has 0 spiro atoms.